The van der Waals surface area contributed by atoms with Gasteiger partial charge in [-0.05, 0) is 48.4 Å². The normalized spacial score (nSPS) is 9.76. The van der Waals surface area contributed by atoms with Crippen molar-refractivity contribution in [3.05, 3.63) is 77.9 Å². The third-order valence-electron chi connectivity index (χ3n) is 3.29. The van der Waals surface area contributed by atoms with Crippen LogP contribution in [0.15, 0.2) is 60.9 Å². The molecule has 0 aliphatic heterocycles. The van der Waals surface area contributed by atoms with Gasteiger partial charge in [-0.1, -0.05) is 26.0 Å². The highest BCUT2D eigenvalue weighted by Gasteiger charge is 2.03. The smallest absolute Gasteiger partial charge is 0.131 e. The molecule has 0 spiro atoms. The minimum absolute atomic E-state index is 0.269. The number of nitrogens with zero attached hydrogens (tertiary/aromatic N) is 2. The molecule has 3 rings (SSSR count). The van der Waals surface area contributed by atoms with Gasteiger partial charge in [-0.2, -0.15) is 0 Å². The average Bonchev–Trinajstić information content (AvgIpc) is 2.65. The molecule has 4 nitrogen and oxygen atoms in total. The maximum atomic E-state index is 13.5. The van der Waals surface area contributed by atoms with Gasteiger partial charge in [0.15, 0.2) is 0 Å². The molecule has 3 aromatic rings. The van der Waals surface area contributed by atoms with E-state index in [1.807, 2.05) is 44.2 Å². The number of hydrogen-bond acceptors (Lipinski definition) is 4. The summed E-state index contributed by atoms with van der Waals surface area (Å²) >= 11 is 0. The van der Waals surface area contributed by atoms with Crippen molar-refractivity contribution < 1.29 is 9.13 Å². The van der Waals surface area contributed by atoms with Crippen molar-refractivity contribution in [2.45, 2.75) is 27.4 Å². The summed E-state index contributed by atoms with van der Waals surface area (Å²) in [4.78, 5) is 8.44. The Balaban J connectivity index is 0.00000109. The van der Waals surface area contributed by atoms with Crippen LogP contribution in [0.4, 0.5) is 16.0 Å². The Morgan fingerprint density at radius 3 is 2.48 bits per heavy atom. The highest BCUT2D eigenvalue weighted by atomic mass is 19.1. The van der Waals surface area contributed by atoms with E-state index in [1.54, 1.807) is 31.5 Å². The molecule has 0 fully saturated rings. The fraction of sp³-hybridized carbons (Fsp3) is 0.200. The number of aryl methyl sites for hydroxylation is 1. The molecule has 0 aliphatic rings. The fourth-order valence-corrected chi connectivity index (χ4v) is 2.03. The number of nitrogens with one attached hydrogen (secondary N) is 1. The molecule has 0 atom stereocenters. The molecular weight excluding hydrogens is 317 g/mol. The van der Waals surface area contributed by atoms with Crippen LogP contribution in [0.2, 0.25) is 0 Å². The van der Waals surface area contributed by atoms with Gasteiger partial charge in [0.05, 0.1) is 0 Å². The molecule has 0 bridgehead atoms. The number of aromatic nitrogens is 2. The van der Waals surface area contributed by atoms with Crippen LogP contribution < -0.4 is 10.1 Å². The van der Waals surface area contributed by atoms with Crippen LogP contribution in [0.1, 0.15) is 25.0 Å². The van der Waals surface area contributed by atoms with Gasteiger partial charge < -0.3 is 10.1 Å². The van der Waals surface area contributed by atoms with Crippen LogP contribution in [-0.4, -0.2) is 9.97 Å². The van der Waals surface area contributed by atoms with Gasteiger partial charge in [0.1, 0.15) is 29.8 Å². The van der Waals surface area contributed by atoms with Crippen molar-refractivity contribution in [2.75, 3.05) is 5.32 Å². The molecule has 2 heterocycles. The molecule has 0 saturated carbocycles. The molecule has 130 valence electrons. The highest BCUT2D eigenvalue weighted by Crippen LogP contribution is 2.18. The molecule has 25 heavy (non-hydrogen) atoms. The summed E-state index contributed by atoms with van der Waals surface area (Å²) in [6, 6.07) is 14.2. The molecular formula is C20H22FN3O. The van der Waals surface area contributed by atoms with E-state index in [1.165, 1.54) is 6.07 Å². The Morgan fingerprint density at radius 1 is 0.960 bits per heavy atom. The van der Waals surface area contributed by atoms with Crippen LogP contribution in [-0.2, 0) is 6.61 Å². The summed E-state index contributed by atoms with van der Waals surface area (Å²) < 4.78 is 19.1. The first-order valence-corrected chi connectivity index (χ1v) is 8.23. The van der Waals surface area contributed by atoms with Gasteiger partial charge in [-0.15, -0.1) is 0 Å². The summed E-state index contributed by atoms with van der Waals surface area (Å²) in [7, 11) is 0. The quantitative estimate of drug-likeness (QED) is 0.687. The second kappa shape index (κ2) is 9.37. The number of pyridine rings is 2. The van der Waals surface area contributed by atoms with Gasteiger partial charge >= 0.3 is 0 Å². The minimum Gasteiger partial charge on any atom is -0.489 e. The molecule has 0 aliphatic carbocycles. The zero-order chi connectivity index (χ0) is 18.1. The molecule has 0 saturated heterocycles. The first kappa shape index (κ1) is 18.4. The van der Waals surface area contributed by atoms with Crippen molar-refractivity contribution >= 4 is 11.6 Å². The molecule has 0 amide bonds. The van der Waals surface area contributed by atoms with E-state index in [-0.39, 0.29) is 5.82 Å². The van der Waals surface area contributed by atoms with Gasteiger partial charge in [0.2, 0.25) is 0 Å². The minimum atomic E-state index is -0.269. The lowest BCUT2D eigenvalue weighted by atomic mass is 10.2. The second-order valence-electron chi connectivity index (χ2n) is 5.09. The van der Waals surface area contributed by atoms with Crippen molar-refractivity contribution in [1.82, 2.24) is 9.97 Å². The zero-order valence-corrected chi connectivity index (χ0v) is 14.7. The van der Waals surface area contributed by atoms with E-state index >= 15 is 0 Å². The van der Waals surface area contributed by atoms with Gasteiger partial charge in [-0.3, -0.25) is 0 Å². The van der Waals surface area contributed by atoms with Crippen molar-refractivity contribution in [1.29, 1.82) is 0 Å². The highest BCUT2D eigenvalue weighted by molar-refractivity contribution is 5.51. The lowest BCUT2D eigenvalue weighted by Crippen LogP contribution is -2.00. The number of anilines is 2. The standard InChI is InChI=1S/C18H16FN3O.C2H6/c1-13-5-6-15(11-16(13)19)23-12-14-7-9-21-18(10-14)22-17-4-2-3-8-20-17;1-2/h2-11H,12H2,1H3,(H,20,21,22);1-2H3. The average molecular weight is 339 g/mol. The van der Waals surface area contributed by atoms with Crippen LogP contribution in [0.3, 0.4) is 0 Å². The Labute approximate surface area is 147 Å². The number of hydrogen-bond donors (Lipinski definition) is 1. The monoisotopic (exact) mass is 339 g/mol. The zero-order valence-electron chi connectivity index (χ0n) is 14.7. The van der Waals surface area contributed by atoms with Crippen molar-refractivity contribution in [3.8, 4) is 5.75 Å². The summed E-state index contributed by atoms with van der Waals surface area (Å²) in [6.07, 6.45) is 3.40. The largest absolute Gasteiger partial charge is 0.489 e. The number of benzene rings is 1. The number of rotatable bonds is 5. The number of ether oxygens (including phenoxy) is 1. The molecule has 5 heteroatoms. The molecule has 1 N–H and O–H groups in total. The predicted molar refractivity (Wildman–Crippen MR) is 98.6 cm³/mol. The van der Waals surface area contributed by atoms with Gasteiger partial charge in [0.25, 0.3) is 0 Å². The molecule has 1 aromatic carbocycles. The summed E-state index contributed by atoms with van der Waals surface area (Å²) in [5, 5.41) is 3.12. The van der Waals surface area contributed by atoms with E-state index in [0.29, 0.717) is 23.7 Å². The Bertz CT molecular complexity index is 794. The first-order chi connectivity index (χ1) is 12.2. The van der Waals surface area contributed by atoms with E-state index in [2.05, 4.69) is 15.3 Å². The Hall–Kier alpha value is -2.95. The van der Waals surface area contributed by atoms with Crippen LogP contribution >= 0.6 is 0 Å². The summed E-state index contributed by atoms with van der Waals surface area (Å²) in [5.74, 6) is 1.64. The summed E-state index contributed by atoms with van der Waals surface area (Å²) in [5.41, 5.74) is 1.53. The SMILES string of the molecule is CC.Cc1ccc(OCc2ccnc(Nc3ccccn3)c2)cc1F. The van der Waals surface area contributed by atoms with E-state index in [9.17, 15) is 4.39 Å². The molecule has 2 aromatic heterocycles. The van der Waals surface area contributed by atoms with Gasteiger partial charge in [-0.25, -0.2) is 14.4 Å². The third-order valence-corrected chi connectivity index (χ3v) is 3.29. The van der Waals surface area contributed by atoms with Crippen LogP contribution in [0, 0.1) is 12.7 Å². The fourth-order valence-electron chi connectivity index (χ4n) is 2.03. The molecule has 0 unspecified atom stereocenters. The Morgan fingerprint density at radius 2 is 1.76 bits per heavy atom. The maximum absolute atomic E-state index is 13.5. The maximum Gasteiger partial charge on any atom is 0.131 e. The first-order valence-electron chi connectivity index (χ1n) is 8.23. The second-order valence-corrected chi connectivity index (χ2v) is 5.09. The topological polar surface area (TPSA) is 47.0 Å². The molecule has 0 radical (unpaired) electrons. The number of halogens is 1. The lowest BCUT2D eigenvalue weighted by Gasteiger charge is -2.09. The van der Waals surface area contributed by atoms with Crippen molar-refractivity contribution in [3.63, 3.8) is 0 Å². The van der Waals surface area contributed by atoms with Crippen LogP contribution in [0.5, 0.6) is 5.75 Å². The van der Waals surface area contributed by atoms with Crippen molar-refractivity contribution in [2.24, 2.45) is 0 Å². The Kier molecular flexibility index (Phi) is 6.89. The summed E-state index contributed by atoms with van der Waals surface area (Å²) in [6.45, 7) is 6.06. The van der Waals surface area contributed by atoms with E-state index < -0.39 is 0 Å². The third kappa shape index (κ3) is 5.57. The van der Waals surface area contributed by atoms with Crippen LogP contribution in [0.25, 0.3) is 0 Å². The van der Waals surface area contributed by atoms with E-state index in [4.69, 9.17) is 4.74 Å². The lowest BCUT2D eigenvalue weighted by molar-refractivity contribution is 0.304. The van der Waals surface area contributed by atoms with Gasteiger partial charge in [0, 0.05) is 18.5 Å². The predicted octanol–water partition coefficient (Wildman–Crippen LogP) is 5.27. The van der Waals surface area contributed by atoms with E-state index in [0.717, 1.165) is 11.4 Å².